The highest BCUT2D eigenvalue weighted by Crippen LogP contribution is 2.36. The number of aryl methyl sites for hydroxylation is 1. The van der Waals surface area contributed by atoms with Gasteiger partial charge < -0.3 is 10.4 Å². The third-order valence-corrected chi connectivity index (χ3v) is 3.90. The summed E-state index contributed by atoms with van der Waals surface area (Å²) >= 11 is 0. The molecule has 110 valence electrons. The number of carbonyl (C=O) groups excluding carboxylic acids is 1. The van der Waals surface area contributed by atoms with E-state index in [9.17, 15) is 9.59 Å². The number of carboxylic acid groups (broad SMARTS) is 1. The van der Waals surface area contributed by atoms with Crippen molar-refractivity contribution in [3.05, 3.63) is 18.0 Å². The lowest BCUT2D eigenvalue weighted by molar-refractivity contribution is -0.146. The topological polar surface area (TPSA) is 84.2 Å². The van der Waals surface area contributed by atoms with Crippen LogP contribution in [-0.2, 0) is 23.1 Å². The second-order valence-electron chi connectivity index (χ2n) is 5.65. The average molecular weight is 279 g/mol. The Balaban J connectivity index is 1.83. The standard InChI is InChI=1S/C14H21N3O3/c1-9-7-11(12(8-9)14(19)20)13(18)15-5-3-10-4-6-17(2)16-10/h4,6,9,11-12H,3,5,7-8H2,1-2H3,(H,15,18)(H,19,20)/t9?,11-,12+/m0/s1. The molecule has 1 amide bonds. The first kappa shape index (κ1) is 14.6. The largest absolute Gasteiger partial charge is 0.481 e. The molecule has 1 fully saturated rings. The molecule has 6 nitrogen and oxygen atoms in total. The highest BCUT2D eigenvalue weighted by Gasteiger charge is 2.40. The van der Waals surface area contributed by atoms with E-state index in [-0.39, 0.29) is 5.91 Å². The van der Waals surface area contributed by atoms with Crippen LogP contribution in [0.2, 0.25) is 0 Å². The van der Waals surface area contributed by atoms with E-state index in [0.717, 1.165) is 5.69 Å². The van der Waals surface area contributed by atoms with Crippen LogP contribution in [0.25, 0.3) is 0 Å². The Morgan fingerprint density at radius 2 is 2.15 bits per heavy atom. The molecule has 2 N–H and O–H groups in total. The highest BCUT2D eigenvalue weighted by atomic mass is 16.4. The van der Waals surface area contributed by atoms with Gasteiger partial charge in [0.05, 0.1) is 17.5 Å². The van der Waals surface area contributed by atoms with Gasteiger partial charge in [-0.2, -0.15) is 5.10 Å². The molecule has 1 aliphatic rings. The predicted octanol–water partition coefficient (Wildman–Crippen LogP) is 0.826. The number of aromatic nitrogens is 2. The summed E-state index contributed by atoms with van der Waals surface area (Å²) in [7, 11) is 1.85. The molecule has 1 aliphatic carbocycles. The molecule has 1 saturated carbocycles. The Labute approximate surface area is 118 Å². The lowest BCUT2D eigenvalue weighted by atomic mass is 9.95. The molecule has 0 aliphatic heterocycles. The lowest BCUT2D eigenvalue weighted by Crippen LogP contribution is -2.36. The van der Waals surface area contributed by atoms with Crippen molar-refractivity contribution in [1.82, 2.24) is 15.1 Å². The molecule has 0 radical (unpaired) electrons. The first-order valence-corrected chi connectivity index (χ1v) is 6.96. The van der Waals surface area contributed by atoms with E-state index in [2.05, 4.69) is 10.4 Å². The summed E-state index contributed by atoms with van der Waals surface area (Å²) in [6, 6.07) is 1.91. The number of hydrogen-bond acceptors (Lipinski definition) is 3. The Kier molecular flexibility index (Phi) is 4.42. The maximum Gasteiger partial charge on any atom is 0.307 e. The van der Waals surface area contributed by atoms with Crippen LogP contribution in [-0.4, -0.2) is 33.3 Å². The second-order valence-corrected chi connectivity index (χ2v) is 5.65. The molecule has 1 heterocycles. The number of rotatable bonds is 5. The Hall–Kier alpha value is -1.85. The van der Waals surface area contributed by atoms with Crippen molar-refractivity contribution < 1.29 is 14.7 Å². The molecule has 2 rings (SSSR count). The van der Waals surface area contributed by atoms with Crippen LogP contribution in [0.1, 0.15) is 25.5 Å². The second kappa shape index (κ2) is 6.07. The van der Waals surface area contributed by atoms with Crippen molar-refractivity contribution in [2.45, 2.75) is 26.2 Å². The van der Waals surface area contributed by atoms with Crippen molar-refractivity contribution in [2.75, 3.05) is 6.54 Å². The van der Waals surface area contributed by atoms with Gasteiger partial charge in [0, 0.05) is 26.2 Å². The lowest BCUT2D eigenvalue weighted by Gasteiger charge is -2.15. The van der Waals surface area contributed by atoms with Crippen LogP contribution in [0.3, 0.4) is 0 Å². The number of hydrogen-bond donors (Lipinski definition) is 2. The zero-order valence-corrected chi connectivity index (χ0v) is 11.9. The maximum atomic E-state index is 12.1. The molecule has 0 saturated heterocycles. The number of nitrogens with one attached hydrogen (secondary N) is 1. The van der Waals surface area contributed by atoms with Gasteiger partial charge in [0.25, 0.3) is 0 Å². The minimum Gasteiger partial charge on any atom is -0.481 e. The fraction of sp³-hybridized carbons (Fsp3) is 0.643. The van der Waals surface area contributed by atoms with Crippen molar-refractivity contribution >= 4 is 11.9 Å². The summed E-state index contributed by atoms with van der Waals surface area (Å²) in [4.78, 5) is 23.3. The number of aliphatic carboxylic acids is 1. The predicted molar refractivity (Wildman–Crippen MR) is 72.9 cm³/mol. The Morgan fingerprint density at radius 1 is 1.45 bits per heavy atom. The van der Waals surface area contributed by atoms with E-state index in [1.165, 1.54) is 0 Å². The SMILES string of the molecule is CC1C[C@H](C(=O)NCCc2ccn(C)n2)[C@H](C(=O)O)C1. The van der Waals surface area contributed by atoms with Gasteiger partial charge in [-0.15, -0.1) is 0 Å². The van der Waals surface area contributed by atoms with Crippen LogP contribution in [0.4, 0.5) is 0 Å². The van der Waals surface area contributed by atoms with Crippen molar-refractivity contribution in [2.24, 2.45) is 24.8 Å². The van der Waals surface area contributed by atoms with Gasteiger partial charge in [0.2, 0.25) is 5.91 Å². The minimum absolute atomic E-state index is 0.141. The van der Waals surface area contributed by atoms with Crippen LogP contribution in [0.5, 0.6) is 0 Å². The number of amides is 1. The monoisotopic (exact) mass is 279 g/mol. The summed E-state index contributed by atoms with van der Waals surface area (Å²) in [6.07, 6.45) is 3.77. The van der Waals surface area contributed by atoms with E-state index in [4.69, 9.17) is 5.11 Å². The average Bonchev–Trinajstić information content (AvgIpc) is 2.95. The zero-order valence-electron chi connectivity index (χ0n) is 11.9. The summed E-state index contributed by atoms with van der Waals surface area (Å²) < 4.78 is 1.72. The van der Waals surface area contributed by atoms with Gasteiger partial charge in [-0.3, -0.25) is 14.3 Å². The summed E-state index contributed by atoms with van der Waals surface area (Å²) in [5.41, 5.74) is 0.919. The molecular weight excluding hydrogens is 258 g/mol. The molecule has 0 spiro atoms. The molecule has 1 aromatic heterocycles. The van der Waals surface area contributed by atoms with Crippen LogP contribution < -0.4 is 5.32 Å². The van der Waals surface area contributed by atoms with Gasteiger partial charge in [-0.1, -0.05) is 6.92 Å². The molecule has 20 heavy (non-hydrogen) atoms. The summed E-state index contributed by atoms with van der Waals surface area (Å²) in [6.45, 7) is 2.49. The first-order valence-electron chi connectivity index (χ1n) is 6.96. The van der Waals surface area contributed by atoms with Crippen LogP contribution in [0, 0.1) is 17.8 Å². The van der Waals surface area contributed by atoms with Crippen LogP contribution in [0.15, 0.2) is 12.3 Å². The summed E-state index contributed by atoms with van der Waals surface area (Å²) in [5.74, 6) is -1.65. The summed E-state index contributed by atoms with van der Waals surface area (Å²) in [5, 5.41) is 16.2. The van der Waals surface area contributed by atoms with Gasteiger partial charge in [0.15, 0.2) is 0 Å². The third kappa shape index (κ3) is 3.37. The van der Waals surface area contributed by atoms with E-state index < -0.39 is 17.8 Å². The maximum absolute atomic E-state index is 12.1. The quantitative estimate of drug-likeness (QED) is 0.836. The third-order valence-electron chi connectivity index (χ3n) is 3.90. The van der Waals surface area contributed by atoms with E-state index in [1.807, 2.05) is 26.2 Å². The molecule has 3 atom stereocenters. The van der Waals surface area contributed by atoms with E-state index >= 15 is 0 Å². The van der Waals surface area contributed by atoms with E-state index in [1.54, 1.807) is 4.68 Å². The minimum atomic E-state index is -0.862. The van der Waals surface area contributed by atoms with Gasteiger partial charge >= 0.3 is 5.97 Å². The first-order chi connectivity index (χ1) is 9.47. The highest BCUT2D eigenvalue weighted by molar-refractivity contribution is 5.85. The fourth-order valence-corrected chi connectivity index (χ4v) is 2.90. The van der Waals surface area contributed by atoms with Gasteiger partial charge in [-0.05, 0) is 24.8 Å². The Bertz CT molecular complexity index is 498. The van der Waals surface area contributed by atoms with E-state index in [0.29, 0.717) is 31.7 Å². The number of nitrogens with zero attached hydrogens (tertiary/aromatic N) is 2. The van der Waals surface area contributed by atoms with Crippen molar-refractivity contribution in [3.8, 4) is 0 Å². The fourth-order valence-electron chi connectivity index (χ4n) is 2.90. The zero-order chi connectivity index (χ0) is 14.7. The van der Waals surface area contributed by atoms with Crippen LogP contribution >= 0.6 is 0 Å². The van der Waals surface area contributed by atoms with Crippen molar-refractivity contribution in [1.29, 1.82) is 0 Å². The molecule has 6 heteroatoms. The number of carbonyl (C=O) groups is 2. The normalized spacial score (nSPS) is 25.6. The van der Waals surface area contributed by atoms with Gasteiger partial charge in [-0.25, -0.2) is 0 Å². The molecule has 1 unspecified atom stereocenters. The Morgan fingerprint density at radius 3 is 2.75 bits per heavy atom. The molecule has 0 bridgehead atoms. The molecule has 0 aromatic carbocycles. The van der Waals surface area contributed by atoms with Gasteiger partial charge in [0.1, 0.15) is 0 Å². The van der Waals surface area contributed by atoms with Crippen molar-refractivity contribution in [3.63, 3.8) is 0 Å². The smallest absolute Gasteiger partial charge is 0.307 e. The molecule has 1 aromatic rings. The number of carboxylic acids is 1. The molecular formula is C14H21N3O3.